The van der Waals surface area contributed by atoms with Crippen molar-refractivity contribution in [1.82, 2.24) is 4.98 Å². The smallest absolute Gasteiger partial charge is 0.230 e. The fourth-order valence-electron chi connectivity index (χ4n) is 2.78. The van der Waals surface area contributed by atoms with Crippen LogP contribution in [0.1, 0.15) is 5.56 Å². The summed E-state index contributed by atoms with van der Waals surface area (Å²) >= 11 is 3.72. The molecule has 0 saturated heterocycles. The molecule has 0 fully saturated rings. The summed E-state index contributed by atoms with van der Waals surface area (Å²) in [5.74, 6) is -0.0520. The van der Waals surface area contributed by atoms with E-state index in [9.17, 15) is 4.79 Å². The zero-order valence-electron chi connectivity index (χ0n) is 13.8. The summed E-state index contributed by atoms with van der Waals surface area (Å²) in [7, 11) is 0. The highest BCUT2D eigenvalue weighted by Gasteiger charge is 2.09. The van der Waals surface area contributed by atoms with Crippen molar-refractivity contribution >= 4 is 55.7 Å². The Balaban J connectivity index is 1.45. The molecule has 0 unspecified atom stereocenters. The van der Waals surface area contributed by atoms with Gasteiger partial charge in [0, 0.05) is 14.5 Å². The first-order chi connectivity index (χ1) is 12.7. The minimum atomic E-state index is -0.0520. The predicted octanol–water partition coefficient (Wildman–Crippen LogP) is 5.75. The van der Waals surface area contributed by atoms with E-state index in [-0.39, 0.29) is 5.91 Å². The van der Waals surface area contributed by atoms with E-state index in [1.165, 1.54) is 20.3 Å². The van der Waals surface area contributed by atoms with Crippen LogP contribution in [0.3, 0.4) is 0 Å². The monoisotopic (exact) mass is 470 g/mol. The number of nitrogens with zero attached hydrogens (tertiary/aromatic N) is 1. The molecule has 1 N–H and O–H groups in total. The summed E-state index contributed by atoms with van der Waals surface area (Å²) in [6.45, 7) is 0. The number of carbonyl (C=O) groups excluding carboxylic acids is 1. The molecule has 0 aliphatic carbocycles. The molecule has 4 rings (SSSR count). The minimum Gasteiger partial charge on any atom is -0.302 e. The van der Waals surface area contributed by atoms with Gasteiger partial charge in [-0.15, -0.1) is 11.3 Å². The van der Waals surface area contributed by atoms with Gasteiger partial charge in [0.1, 0.15) is 0 Å². The average molecular weight is 470 g/mol. The molecule has 5 heteroatoms. The van der Waals surface area contributed by atoms with Crippen LogP contribution < -0.4 is 5.32 Å². The molecule has 3 aromatic carbocycles. The zero-order valence-corrected chi connectivity index (χ0v) is 16.8. The SMILES string of the molecule is O=C(Cc1ccc2ccccc2c1)Nc1nc(-c2ccc(I)cc2)cs1. The predicted molar refractivity (Wildman–Crippen MR) is 117 cm³/mol. The van der Waals surface area contributed by atoms with Gasteiger partial charge < -0.3 is 5.32 Å². The fourth-order valence-corrected chi connectivity index (χ4v) is 3.88. The zero-order chi connectivity index (χ0) is 17.9. The second kappa shape index (κ2) is 7.55. The van der Waals surface area contributed by atoms with Crippen molar-refractivity contribution in [3.63, 3.8) is 0 Å². The molecule has 1 heterocycles. The van der Waals surface area contributed by atoms with Crippen molar-refractivity contribution in [1.29, 1.82) is 0 Å². The first kappa shape index (κ1) is 17.2. The van der Waals surface area contributed by atoms with Crippen LogP contribution in [0.4, 0.5) is 5.13 Å². The summed E-state index contributed by atoms with van der Waals surface area (Å²) in [4.78, 5) is 16.9. The lowest BCUT2D eigenvalue weighted by molar-refractivity contribution is -0.115. The minimum absolute atomic E-state index is 0.0520. The Morgan fingerprint density at radius 3 is 2.58 bits per heavy atom. The fraction of sp³-hybridized carbons (Fsp3) is 0.0476. The van der Waals surface area contributed by atoms with Gasteiger partial charge in [0.15, 0.2) is 5.13 Å². The van der Waals surface area contributed by atoms with E-state index in [0.29, 0.717) is 11.6 Å². The summed E-state index contributed by atoms with van der Waals surface area (Å²) < 4.78 is 1.19. The molecule has 0 saturated carbocycles. The third-order valence-electron chi connectivity index (χ3n) is 4.07. The van der Waals surface area contributed by atoms with Gasteiger partial charge in [0.2, 0.25) is 5.91 Å². The quantitative estimate of drug-likeness (QED) is 0.386. The highest BCUT2D eigenvalue weighted by Crippen LogP contribution is 2.25. The maximum absolute atomic E-state index is 12.4. The van der Waals surface area contributed by atoms with Gasteiger partial charge in [0.25, 0.3) is 0 Å². The van der Waals surface area contributed by atoms with Crippen molar-refractivity contribution in [3.8, 4) is 11.3 Å². The standard InChI is InChI=1S/C21H15IN2OS/c22-18-9-7-16(8-10-18)19-13-26-21(23-19)24-20(25)12-14-5-6-15-3-1-2-4-17(15)11-14/h1-11,13H,12H2,(H,23,24,25). The van der Waals surface area contributed by atoms with Crippen LogP contribution in [-0.2, 0) is 11.2 Å². The van der Waals surface area contributed by atoms with Gasteiger partial charge in [-0.3, -0.25) is 4.79 Å². The highest BCUT2D eigenvalue weighted by molar-refractivity contribution is 14.1. The number of hydrogen-bond donors (Lipinski definition) is 1. The van der Waals surface area contributed by atoms with Crippen LogP contribution in [-0.4, -0.2) is 10.9 Å². The van der Waals surface area contributed by atoms with E-state index in [4.69, 9.17) is 0 Å². The first-order valence-electron chi connectivity index (χ1n) is 8.16. The van der Waals surface area contributed by atoms with Gasteiger partial charge in [-0.1, -0.05) is 54.6 Å². The van der Waals surface area contributed by atoms with E-state index in [1.807, 2.05) is 47.8 Å². The van der Waals surface area contributed by atoms with Crippen molar-refractivity contribution in [2.75, 3.05) is 5.32 Å². The average Bonchev–Trinajstić information content (AvgIpc) is 3.10. The number of thiazole rings is 1. The first-order valence-corrected chi connectivity index (χ1v) is 10.1. The molecular formula is C21H15IN2OS. The summed E-state index contributed by atoms with van der Waals surface area (Å²) in [5.41, 5.74) is 2.93. The Hall–Kier alpha value is -2.25. The Morgan fingerprint density at radius 2 is 1.77 bits per heavy atom. The molecule has 4 aromatic rings. The van der Waals surface area contributed by atoms with Crippen molar-refractivity contribution in [2.24, 2.45) is 0 Å². The van der Waals surface area contributed by atoms with Crippen LogP contribution in [0, 0.1) is 3.57 Å². The largest absolute Gasteiger partial charge is 0.302 e. The Kier molecular flexibility index (Phi) is 4.99. The molecule has 1 aromatic heterocycles. The Morgan fingerprint density at radius 1 is 1.00 bits per heavy atom. The number of carbonyl (C=O) groups is 1. The van der Waals surface area contributed by atoms with E-state index >= 15 is 0 Å². The second-order valence-electron chi connectivity index (χ2n) is 5.95. The van der Waals surface area contributed by atoms with E-state index in [1.54, 1.807) is 0 Å². The summed E-state index contributed by atoms with van der Waals surface area (Å²) in [5, 5.41) is 7.83. The second-order valence-corrected chi connectivity index (χ2v) is 8.05. The summed E-state index contributed by atoms with van der Waals surface area (Å²) in [6.07, 6.45) is 0.337. The normalized spacial score (nSPS) is 10.8. The number of aromatic nitrogens is 1. The maximum atomic E-state index is 12.4. The molecular weight excluding hydrogens is 455 g/mol. The molecule has 128 valence electrons. The van der Waals surface area contributed by atoms with Crippen LogP contribution in [0.15, 0.2) is 72.1 Å². The molecule has 0 spiro atoms. The van der Waals surface area contributed by atoms with Gasteiger partial charge >= 0.3 is 0 Å². The number of nitrogens with one attached hydrogen (secondary N) is 1. The number of fused-ring (bicyclic) bond motifs is 1. The lowest BCUT2D eigenvalue weighted by Gasteiger charge is -2.04. The maximum Gasteiger partial charge on any atom is 0.230 e. The van der Waals surface area contributed by atoms with E-state index in [0.717, 1.165) is 22.2 Å². The third-order valence-corrected chi connectivity index (χ3v) is 5.55. The van der Waals surface area contributed by atoms with Crippen LogP contribution >= 0.6 is 33.9 Å². The van der Waals surface area contributed by atoms with Crippen LogP contribution in [0.25, 0.3) is 22.0 Å². The highest BCUT2D eigenvalue weighted by atomic mass is 127. The molecule has 0 bridgehead atoms. The molecule has 0 aliphatic heterocycles. The number of hydrogen-bond acceptors (Lipinski definition) is 3. The molecule has 1 amide bonds. The molecule has 26 heavy (non-hydrogen) atoms. The van der Waals surface area contributed by atoms with Crippen LogP contribution in [0.5, 0.6) is 0 Å². The molecule has 0 aliphatic rings. The lowest BCUT2D eigenvalue weighted by atomic mass is 10.1. The van der Waals surface area contributed by atoms with Crippen molar-refractivity contribution in [3.05, 3.63) is 81.2 Å². The molecule has 0 atom stereocenters. The van der Waals surface area contributed by atoms with Gasteiger partial charge in [-0.2, -0.15) is 0 Å². The third kappa shape index (κ3) is 3.94. The number of halogens is 1. The topological polar surface area (TPSA) is 42.0 Å². The Labute approximate surface area is 169 Å². The number of anilines is 1. The number of benzene rings is 3. The van der Waals surface area contributed by atoms with E-state index in [2.05, 4.69) is 57.2 Å². The molecule has 0 radical (unpaired) electrons. The molecule has 3 nitrogen and oxygen atoms in total. The van der Waals surface area contributed by atoms with Crippen molar-refractivity contribution in [2.45, 2.75) is 6.42 Å². The summed E-state index contributed by atoms with van der Waals surface area (Å²) in [6, 6.07) is 22.4. The van der Waals surface area contributed by atoms with Gasteiger partial charge in [-0.05, 0) is 51.1 Å². The van der Waals surface area contributed by atoms with Crippen LogP contribution in [0.2, 0.25) is 0 Å². The lowest BCUT2D eigenvalue weighted by Crippen LogP contribution is -2.14. The van der Waals surface area contributed by atoms with E-state index < -0.39 is 0 Å². The van der Waals surface area contributed by atoms with Gasteiger partial charge in [-0.25, -0.2) is 4.98 Å². The van der Waals surface area contributed by atoms with Gasteiger partial charge in [0.05, 0.1) is 12.1 Å². The Bertz CT molecular complexity index is 1070. The number of rotatable bonds is 4. The number of amides is 1. The van der Waals surface area contributed by atoms with Crippen molar-refractivity contribution < 1.29 is 4.79 Å².